The molecule has 96 valence electrons. The number of hydrogen-bond acceptors (Lipinski definition) is 3. The van der Waals surface area contributed by atoms with E-state index in [-0.39, 0.29) is 11.7 Å². The van der Waals surface area contributed by atoms with E-state index in [2.05, 4.69) is 33.1 Å². The molecule has 0 aliphatic heterocycles. The molecule has 1 saturated carbocycles. The van der Waals surface area contributed by atoms with E-state index in [1.54, 1.807) is 0 Å². The average molecular weight is 359 g/mol. The van der Waals surface area contributed by atoms with Gasteiger partial charge in [0, 0.05) is 9.26 Å². The van der Waals surface area contributed by atoms with Gasteiger partial charge in [-0.25, -0.2) is 0 Å². The number of nitrogens with two attached hydrogens (primary N) is 1. The fourth-order valence-electron chi connectivity index (χ4n) is 2.04. The summed E-state index contributed by atoms with van der Waals surface area (Å²) < 4.78 is 1.04. The summed E-state index contributed by atoms with van der Waals surface area (Å²) >= 11 is 2.18. The lowest BCUT2D eigenvalue weighted by Gasteiger charge is -2.38. The second kappa shape index (κ2) is 5.13. The fourth-order valence-corrected chi connectivity index (χ4v) is 2.59. The number of amides is 1. The number of benzene rings is 1. The number of nitrogens with one attached hydrogen (secondary N) is 1. The van der Waals surface area contributed by atoms with Gasteiger partial charge in [0.15, 0.2) is 5.84 Å². The third-order valence-electron chi connectivity index (χ3n) is 3.32. The van der Waals surface area contributed by atoms with Gasteiger partial charge in [-0.05, 0) is 53.6 Å². The zero-order valence-electron chi connectivity index (χ0n) is 9.69. The van der Waals surface area contributed by atoms with Gasteiger partial charge in [0.2, 0.25) is 5.91 Å². The van der Waals surface area contributed by atoms with Gasteiger partial charge in [-0.15, -0.1) is 0 Å². The number of oxime groups is 1. The topological polar surface area (TPSA) is 87.7 Å². The predicted molar refractivity (Wildman–Crippen MR) is 77.5 cm³/mol. The molecule has 0 radical (unpaired) electrons. The van der Waals surface area contributed by atoms with E-state index < -0.39 is 5.41 Å². The molecule has 0 spiro atoms. The van der Waals surface area contributed by atoms with Gasteiger partial charge in [-0.1, -0.05) is 17.6 Å². The number of rotatable bonds is 3. The molecule has 1 aliphatic rings. The van der Waals surface area contributed by atoms with Crippen molar-refractivity contribution in [3.63, 3.8) is 0 Å². The summed E-state index contributed by atoms with van der Waals surface area (Å²) in [7, 11) is 0. The number of carbonyl (C=O) groups is 1. The van der Waals surface area contributed by atoms with Crippen LogP contribution >= 0.6 is 22.6 Å². The highest BCUT2D eigenvalue weighted by Crippen LogP contribution is 2.42. The highest BCUT2D eigenvalue weighted by molar-refractivity contribution is 14.1. The molecule has 4 N–H and O–H groups in total. The Bertz CT molecular complexity index is 498. The summed E-state index contributed by atoms with van der Waals surface area (Å²) in [5, 5.41) is 14.6. The number of amidine groups is 1. The number of halogens is 1. The molecule has 0 unspecified atom stereocenters. The van der Waals surface area contributed by atoms with Crippen molar-refractivity contribution in [2.45, 2.75) is 19.3 Å². The summed E-state index contributed by atoms with van der Waals surface area (Å²) in [6.45, 7) is 0. The molecule has 1 aromatic rings. The van der Waals surface area contributed by atoms with Crippen molar-refractivity contribution in [1.82, 2.24) is 0 Å². The van der Waals surface area contributed by atoms with Crippen molar-refractivity contribution in [3.8, 4) is 0 Å². The first kappa shape index (κ1) is 13.1. The molecule has 0 atom stereocenters. The first-order chi connectivity index (χ1) is 8.58. The average Bonchev–Trinajstić information content (AvgIpc) is 2.27. The van der Waals surface area contributed by atoms with Gasteiger partial charge >= 0.3 is 0 Å². The second-order valence-electron chi connectivity index (χ2n) is 4.39. The lowest BCUT2D eigenvalue weighted by Crippen LogP contribution is -2.51. The molecule has 1 aromatic carbocycles. The molecule has 5 nitrogen and oxygen atoms in total. The van der Waals surface area contributed by atoms with E-state index in [0.717, 1.165) is 15.7 Å². The van der Waals surface area contributed by atoms with Crippen molar-refractivity contribution in [2.24, 2.45) is 16.3 Å². The van der Waals surface area contributed by atoms with E-state index >= 15 is 0 Å². The van der Waals surface area contributed by atoms with Gasteiger partial charge in [0.05, 0.1) is 0 Å². The molecule has 0 aromatic heterocycles. The molecule has 6 heteroatoms. The third-order valence-corrected chi connectivity index (χ3v) is 3.99. The highest BCUT2D eigenvalue weighted by Gasteiger charge is 2.48. The molecule has 1 amide bonds. The molecule has 0 heterocycles. The van der Waals surface area contributed by atoms with Crippen molar-refractivity contribution >= 4 is 40.0 Å². The maximum absolute atomic E-state index is 12.2. The molecular weight excluding hydrogens is 345 g/mol. The zero-order valence-corrected chi connectivity index (χ0v) is 11.8. The number of hydrogen-bond donors (Lipinski definition) is 3. The van der Waals surface area contributed by atoms with Crippen molar-refractivity contribution in [3.05, 3.63) is 27.8 Å². The molecule has 1 aliphatic carbocycles. The van der Waals surface area contributed by atoms with Crippen LogP contribution in [0.3, 0.4) is 0 Å². The Hall–Kier alpha value is -1.31. The first-order valence-electron chi connectivity index (χ1n) is 5.63. The normalized spacial score (nSPS) is 17.9. The number of anilines is 1. The maximum Gasteiger partial charge on any atom is 0.238 e. The van der Waals surface area contributed by atoms with E-state index in [0.29, 0.717) is 12.8 Å². The summed E-state index contributed by atoms with van der Waals surface area (Å²) in [6, 6.07) is 7.50. The summed E-state index contributed by atoms with van der Waals surface area (Å²) in [5.74, 6) is -0.206. The molecular formula is C12H14IN3O2. The molecule has 0 bridgehead atoms. The quantitative estimate of drug-likeness (QED) is 0.254. The van der Waals surface area contributed by atoms with Crippen LogP contribution in [0.1, 0.15) is 19.3 Å². The second-order valence-corrected chi connectivity index (χ2v) is 5.63. The van der Waals surface area contributed by atoms with Crippen molar-refractivity contribution < 1.29 is 10.0 Å². The van der Waals surface area contributed by atoms with Gasteiger partial charge in [-0.2, -0.15) is 0 Å². The standard InChI is InChI=1S/C12H14IN3O2/c13-8-3-1-4-9(7-8)15-11(17)12(5-2-6-12)10(14)16-18/h1,3-4,7,18H,2,5-6H2,(H2,14,16)(H,15,17). The lowest BCUT2D eigenvalue weighted by atomic mass is 9.67. The van der Waals surface area contributed by atoms with E-state index in [1.807, 2.05) is 24.3 Å². The minimum atomic E-state index is -0.837. The number of nitrogens with zero attached hydrogens (tertiary/aromatic N) is 1. The third kappa shape index (κ3) is 2.29. The van der Waals surface area contributed by atoms with E-state index in [9.17, 15) is 4.79 Å². The summed E-state index contributed by atoms with van der Waals surface area (Å²) in [5.41, 5.74) is 5.52. The van der Waals surface area contributed by atoms with Crippen LogP contribution in [0.2, 0.25) is 0 Å². The molecule has 2 rings (SSSR count). The van der Waals surface area contributed by atoms with Gasteiger partial charge < -0.3 is 16.3 Å². The fraction of sp³-hybridized carbons (Fsp3) is 0.333. The SMILES string of the molecule is N/C(=N/O)C1(C(=O)Nc2cccc(I)c2)CCC1. The van der Waals surface area contributed by atoms with E-state index in [4.69, 9.17) is 10.9 Å². The first-order valence-corrected chi connectivity index (χ1v) is 6.71. The highest BCUT2D eigenvalue weighted by atomic mass is 127. The van der Waals surface area contributed by atoms with Gasteiger partial charge in [0.25, 0.3) is 0 Å². The molecule has 0 saturated heterocycles. The Labute approximate surface area is 119 Å². The maximum atomic E-state index is 12.2. The van der Waals surface area contributed by atoms with Crippen LogP contribution in [0.15, 0.2) is 29.4 Å². The monoisotopic (exact) mass is 359 g/mol. The van der Waals surface area contributed by atoms with Crippen LogP contribution in [-0.4, -0.2) is 17.0 Å². The predicted octanol–water partition coefficient (Wildman–Crippen LogP) is 2.15. The Morgan fingerprint density at radius 3 is 2.72 bits per heavy atom. The van der Waals surface area contributed by atoms with E-state index in [1.165, 1.54) is 0 Å². The van der Waals surface area contributed by atoms with Crippen LogP contribution < -0.4 is 11.1 Å². The van der Waals surface area contributed by atoms with Crippen LogP contribution in [0.5, 0.6) is 0 Å². The van der Waals surface area contributed by atoms with Crippen LogP contribution in [0, 0.1) is 8.99 Å². The summed E-state index contributed by atoms with van der Waals surface area (Å²) in [4.78, 5) is 12.2. The summed E-state index contributed by atoms with van der Waals surface area (Å²) in [6.07, 6.45) is 2.16. The Balaban J connectivity index is 2.17. The van der Waals surface area contributed by atoms with Gasteiger partial charge in [0.1, 0.15) is 5.41 Å². The van der Waals surface area contributed by atoms with Crippen LogP contribution in [0.25, 0.3) is 0 Å². The Kier molecular flexibility index (Phi) is 3.74. The molecule has 18 heavy (non-hydrogen) atoms. The smallest absolute Gasteiger partial charge is 0.238 e. The van der Waals surface area contributed by atoms with Crippen molar-refractivity contribution in [1.29, 1.82) is 0 Å². The van der Waals surface area contributed by atoms with Crippen LogP contribution in [0.4, 0.5) is 5.69 Å². The number of carbonyl (C=O) groups excluding carboxylic acids is 1. The zero-order chi connectivity index (χ0) is 13.2. The van der Waals surface area contributed by atoms with Crippen molar-refractivity contribution in [2.75, 3.05) is 5.32 Å². The van der Waals surface area contributed by atoms with Crippen LogP contribution in [-0.2, 0) is 4.79 Å². The van der Waals surface area contributed by atoms with Gasteiger partial charge in [-0.3, -0.25) is 4.79 Å². The lowest BCUT2D eigenvalue weighted by molar-refractivity contribution is -0.125. The Morgan fingerprint density at radius 1 is 1.50 bits per heavy atom. The minimum Gasteiger partial charge on any atom is -0.409 e. The minimum absolute atomic E-state index is 0.00289. The largest absolute Gasteiger partial charge is 0.409 e. The Morgan fingerprint density at radius 2 is 2.22 bits per heavy atom. The molecule has 1 fully saturated rings.